The molecule has 3 N–H and O–H groups in total. The van der Waals surface area contributed by atoms with Crippen LogP contribution in [0, 0.1) is 6.92 Å². The fourth-order valence-electron chi connectivity index (χ4n) is 3.52. The van der Waals surface area contributed by atoms with E-state index in [2.05, 4.69) is 4.98 Å². The van der Waals surface area contributed by atoms with Crippen LogP contribution >= 0.6 is 0 Å². The Balaban J connectivity index is 2.34. The summed E-state index contributed by atoms with van der Waals surface area (Å²) in [6, 6.07) is 4.97. The fourth-order valence-corrected chi connectivity index (χ4v) is 3.52. The molecule has 0 saturated heterocycles. The second kappa shape index (κ2) is 8.40. The maximum Gasteiger partial charge on any atom is 0.340 e. The number of pyridine rings is 1. The second-order valence-electron chi connectivity index (χ2n) is 6.55. The molecule has 2 heterocycles. The van der Waals surface area contributed by atoms with E-state index < -0.39 is 17.4 Å². The summed E-state index contributed by atoms with van der Waals surface area (Å²) >= 11 is 0. The molecule has 0 aliphatic carbocycles. The number of nitrogens with two attached hydrogens (primary N) is 1. The van der Waals surface area contributed by atoms with Gasteiger partial charge >= 0.3 is 5.97 Å². The summed E-state index contributed by atoms with van der Waals surface area (Å²) in [6.07, 6.45) is 0. The minimum atomic E-state index is -0.870. The van der Waals surface area contributed by atoms with E-state index in [1.54, 1.807) is 32.0 Å². The highest BCUT2D eigenvalue weighted by Gasteiger charge is 2.38. The molecule has 0 unspecified atom stereocenters. The molecule has 1 aliphatic rings. The number of hydrogen-bond donors (Lipinski definition) is 2. The molecule has 0 saturated carbocycles. The summed E-state index contributed by atoms with van der Waals surface area (Å²) in [5, 5.41) is 0. The minimum absolute atomic E-state index is 0.0213. The molecule has 0 spiro atoms. The first-order valence-electron chi connectivity index (χ1n) is 9.24. The van der Waals surface area contributed by atoms with Crippen molar-refractivity contribution in [2.75, 3.05) is 27.9 Å². The number of carbonyl (C=O) groups is 1. The molecule has 1 atom stereocenters. The number of methoxy groups -OCH3 is 3. The van der Waals surface area contributed by atoms with Crippen molar-refractivity contribution in [3.05, 3.63) is 56.8 Å². The van der Waals surface area contributed by atoms with Gasteiger partial charge in [-0.25, -0.2) is 4.79 Å². The first-order chi connectivity index (χ1) is 14.4. The van der Waals surface area contributed by atoms with Gasteiger partial charge < -0.3 is 34.4 Å². The Kier molecular flexibility index (Phi) is 5.91. The van der Waals surface area contributed by atoms with Crippen molar-refractivity contribution in [1.29, 1.82) is 0 Å². The predicted octanol–water partition coefficient (Wildman–Crippen LogP) is 1.97. The SMILES string of the molecule is CCOC(=O)C1=C(N)Oc2cc(C)[nH]c(=O)c2[C@@H]1c1cc(OC)c(OC)c(OC)c1. The standard InChI is InChI=1S/C21H24N2O7/c1-6-29-21(25)17-15(11-8-13(26-3)18(28-5)14(9-11)27-4)16-12(30-19(17)22)7-10(2)23-20(16)24/h7-9,15H,6,22H2,1-5H3,(H,23,24)/t15-/m0/s1. The zero-order valence-electron chi connectivity index (χ0n) is 17.5. The summed E-state index contributed by atoms with van der Waals surface area (Å²) < 4.78 is 27.1. The third kappa shape index (κ3) is 3.54. The zero-order valence-corrected chi connectivity index (χ0v) is 17.5. The maximum atomic E-state index is 12.9. The Bertz CT molecular complexity index is 1050. The van der Waals surface area contributed by atoms with Gasteiger partial charge in [-0.3, -0.25) is 4.79 Å². The van der Waals surface area contributed by atoms with E-state index in [4.69, 9.17) is 29.4 Å². The Hall–Kier alpha value is -3.62. The van der Waals surface area contributed by atoms with Crippen LogP contribution in [0.4, 0.5) is 0 Å². The lowest BCUT2D eigenvalue weighted by molar-refractivity contribution is -0.139. The monoisotopic (exact) mass is 416 g/mol. The number of aromatic amines is 1. The van der Waals surface area contributed by atoms with Crippen LogP contribution in [-0.2, 0) is 9.53 Å². The number of ether oxygens (including phenoxy) is 5. The van der Waals surface area contributed by atoms with Gasteiger partial charge in [0.1, 0.15) is 11.3 Å². The van der Waals surface area contributed by atoms with Crippen molar-refractivity contribution in [2.24, 2.45) is 5.73 Å². The predicted molar refractivity (Wildman–Crippen MR) is 108 cm³/mol. The van der Waals surface area contributed by atoms with E-state index in [1.807, 2.05) is 0 Å². The van der Waals surface area contributed by atoms with Crippen molar-refractivity contribution in [3.8, 4) is 23.0 Å². The zero-order chi connectivity index (χ0) is 22.0. The van der Waals surface area contributed by atoms with Crippen LogP contribution in [0.5, 0.6) is 23.0 Å². The number of aromatic nitrogens is 1. The molecule has 0 bridgehead atoms. The summed E-state index contributed by atoms with van der Waals surface area (Å²) in [5.74, 6) is -0.311. The third-order valence-corrected chi connectivity index (χ3v) is 4.75. The number of rotatable bonds is 6. The molecule has 160 valence electrons. The minimum Gasteiger partial charge on any atom is -0.493 e. The Morgan fingerprint density at radius 1 is 1.13 bits per heavy atom. The van der Waals surface area contributed by atoms with Crippen molar-refractivity contribution in [1.82, 2.24) is 4.98 Å². The van der Waals surface area contributed by atoms with Crippen LogP contribution in [0.2, 0.25) is 0 Å². The number of benzene rings is 1. The number of hydrogen-bond acceptors (Lipinski definition) is 8. The lowest BCUT2D eigenvalue weighted by Gasteiger charge is -2.28. The Labute approximate surface area is 173 Å². The maximum absolute atomic E-state index is 12.9. The molecular formula is C21H24N2O7. The Morgan fingerprint density at radius 2 is 1.77 bits per heavy atom. The lowest BCUT2D eigenvalue weighted by Crippen LogP contribution is -2.32. The van der Waals surface area contributed by atoms with Crippen molar-refractivity contribution >= 4 is 5.97 Å². The number of H-pyrrole nitrogens is 1. The number of carbonyl (C=O) groups excluding carboxylic acids is 1. The summed E-state index contributed by atoms with van der Waals surface area (Å²) in [5.41, 5.74) is 7.07. The van der Waals surface area contributed by atoms with Gasteiger partial charge in [0.25, 0.3) is 5.56 Å². The van der Waals surface area contributed by atoms with E-state index in [9.17, 15) is 9.59 Å². The smallest absolute Gasteiger partial charge is 0.340 e. The molecule has 9 heteroatoms. The highest BCUT2D eigenvalue weighted by atomic mass is 16.5. The molecule has 9 nitrogen and oxygen atoms in total. The average molecular weight is 416 g/mol. The van der Waals surface area contributed by atoms with Gasteiger partial charge in [-0.1, -0.05) is 0 Å². The van der Waals surface area contributed by atoms with E-state index >= 15 is 0 Å². The van der Waals surface area contributed by atoms with E-state index in [0.717, 1.165) is 0 Å². The first kappa shape index (κ1) is 21.1. The van der Waals surface area contributed by atoms with Crippen LogP contribution < -0.4 is 30.2 Å². The average Bonchev–Trinajstić information content (AvgIpc) is 2.71. The number of esters is 1. The van der Waals surface area contributed by atoms with Crippen molar-refractivity contribution < 1.29 is 28.5 Å². The quantitative estimate of drug-likeness (QED) is 0.686. The normalized spacial score (nSPS) is 15.2. The number of nitrogens with one attached hydrogen (secondary N) is 1. The summed E-state index contributed by atoms with van der Waals surface area (Å²) in [7, 11) is 4.44. The summed E-state index contributed by atoms with van der Waals surface area (Å²) in [6.45, 7) is 3.53. The second-order valence-corrected chi connectivity index (χ2v) is 6.55. The molecule has 30 heavy (non-hydrogen) atoms. The third-order valence-electron chi connectivity index (χ3n) is 4.75. The van der Waals surface area contributed by atoms with Gasteiger partial charge in [-0.05, 0) is 31.5 Å². The van der Waals surface area contributed by atoms with Gasteiger partial charge in [0.05, 0.1) is 39.4 Å². The largest absolute Gasteiger partial charge is 0.493 e. The molecular weight excluding hydrogens is 392 g/mol. The molecule has 0 radical (unpaired) electrons. The van der Waals surface area contributed by atoms with E-state index in [0.29, 0.717) is 28.5 Å². The van der Waals surface area contributed by atoms with E-state index in [1.165, 1.54) is 21.3 Å². The molecule has 3 rings (SSSR count). The fraction of sp³-hybridized carbons (Fsp3) is 0.333. The highest BCUT2D eigenvalue weighted by Crippen LogP contribution is 2.46. The van der Waals surface area contributed by atoms with E-state index in [-0.39, 0.29) is 29.4 Å². The van der Waals surface area contributed by atoms with Gasteiger partial charge in [0.2, 0.25) is 11.6 Å². The lowest BCUT2D eigenvalue weighted by atomic mass is 9.83. The van der Waals surface area contributed by atoms with Crippen LogP contribution in [0.25, 0.3) is 0 Å². The molecule has 1 aliphatic heterocycles. The van der Waals surface area contributed by atoms with Gasteiger partial charge in [-0.15, -0.1) is 0 Å². The Morgan fingerprint density at radius 3 is 2.30 bits per heavy atom. The first-order valence-corrected chi connectivity index (χ1v) is 9.24. The van der Waals surface area contributed by atoms with Gasteiger partial charge in [-0.2, -0.15) is 0 Å². The van der Waals surface area contributed by atoms with Crippen molar-refractivity contribution in [2.45, 2.75) is 19.8 Å². The number of fused-ring (bicyclic) bond motifs is 1. The van der Waals surface area contributed by atoms with Crippen LogP contribution in [-0.4, -0.2) is 38.9 Å². The van der Waals surface area contributed by atoms with Gasteiger partial charge in [0.15, 0.2) is 11.5 Å². The molecule has 2 aromatic rings. The number of aryl methyl sites for hydroxylation is 1. The topological polar surface area (TPSA) is 122 Å². The molecule has 1 aromatic heterocycles. The summed E-state index contributed by atoms with van der Waals surface area (Å²) in [4.78, 5) is 28.4. The van der Waals surface area contributed by atoms with Crippen molar-refractivity contribution in [3.63, 3.8) is 0 Å². The van der Waals surface area contributed by atoms with Crippen LogP contribution in [0.1, 0.15) is 29.7 Å². The van der Waals surface area contributed by atoms with Crippen LogP contribution in [0.3, 0.4) is 0 Å². The highest BCUT2D eigenvalue weighted by molar-refractivity contribution is 5.92. The molecule has 1 aromatic carbocycles. The molecule has 0 amide bonds. The van der Waals surface area contributed by atoms with Crippen LogP contribution in [0.15, 0.2) is 34.4 Å². The molecule has 0 fully saturated rings. The van der Waals surface area contributed by atoms with Gasteiger partial charge in [0, 0.05) is 11.8 Å².